The summed E-state index contributed by atoms with van der Waals surface area (Å²) in [5.74, 6) is -0.424. The lowest BCUT2D eigenvalue weighted by Gasteiger charge is -2.06. The van der Waals surface area contributed by atoms with Gasteiger partial charge in [-0.25, -0.2) is 4.79 Å². The fourth-order valence-corrected chi connectivity index (χ4v) is 1.93. The van der Waals surface area contributed by atoms with Crippen molar-refractivity contribution < 1.29 is 23.8 Å². The Morgan fingerprint density at radius 2 is 2.06 bits per heavy atom. The Morgan fingerprint density at radius 3 is 2.72 bits per heavy atom. The van der Waals surface area contributed by atoms with Gasteiger partial charge in [0.15, 0.2) is 4.88 Å². The molecule has 1 aromatic heterocycles. The molecule has 1 rings (SSSR count). The van der Waals surface area contributed by atoms with Gasteiger partial charge in [0, 0.05) is 6.42 Å². The first-order valence-corrected chi connectivity index (χ1v) is 6.60. The minimum absolute atomic E-state index is 0.320. The third-order valence-electron chi connectivity index (χ3n) is 1.98. The average molecular weight is 272 g/mol. The maximum Gasteiger partial charge on any atom is 0.355 e. The zero-order valence-corrected chi connectivity index (χ0v) is 11.2. The van der Waals surface area contributed by atoms with Crippen LogP contribution in [0.3, 0.4) is 0 Å². The maximum absolute atomic E-state index is 11.7. The van der Waals surface area contributed by atoms with E-state index in [-0.39, 0.29) is 12.8 Å². The molecule has 0 saturated carbocycles. The summed E-state index contributed by atoms with van der Waals surface area (Å²) < 4.78 is 14.8. The van der Waals surface area contributed by atoms with Crippen LogP contribution in [0.5, 0.6) is 5.75 Å². The van der Waals surface area contributed by atoms with Crippen molar-refractivity contribution >= 4 is 23.3 Å². The molecule has 0 radical (unpaired) electrons. The van der Waals surface area contributed by atoms with E-state index >= 15 is 0 Å². The molecule has 0 aliphatic heterocycles. The maximum atomic E-state index is 11.7. The van der Waals surface area contributed by atoms with Gasteiger partial charge in [-0.2, -0.15) is 0 Å². The Kier molecular flexibility index (Phi) is 6.21. The van der Waals surface area contributed by atoms with Gasteiger partial charge in [-0.05, 0) is 24.8 Å². The molecule has 1 aromatic rings. The van der Waals surface area contributed by atoms with Crippen LogP contribution in [-0.4, -0.2) is 25.3 Å². The summed E-state index contributed by atoms with van der Waals surface area (Å²) in [6.45, 7) is 3.82. The van der Waals surface area contributed by atoms with Gasteiger partial charge in [0.1, 0.15) is 5.75 Å². The first-order chi connectivity index (χ1) is 8.69. The topological polar surface area (TPSA) is 61.8 Å². The van der Waals surface area contributed by atoms with Crippen LogP contribution < -0.4 is 4.74 Å². The van der Waals surface area contributed by atoms with E-state index in [4.69, 9.17) is 14.2 Å². The van der Waals surface area contributed by atoms with Gasteiger partial charge >= 0.3 is 11.9 Å². The summed E-state index contributed by atoms with van der Waals surface area (Å²) in [4.78, 5) is 23.1. The second-order valence-corrected chi connectivity index (χ2v) is 4.28. The lowest BCUT2D eigenvalue weighted by Crippen LogP contribution is -2.12. The Morgan fingerprint density at radius 1 is 1.28 bits per heavy atom. The molecule has 5 nitrogen and oxygen atoms in total. The van der Waals surface area contributed by atoms with E-state index in [1.165, 1.54) is 11.3 Å². The fourth-order valence-electron chi connectivity index (χ4n) is 1.21. The van der Waals surface area contributed by atoms with Gasteiger partial charge in [0.2, 0.25) is 6.79 Å². The molecule has 0 amide bonds. The second-order valence-electron chi connectivity index (χ2n) is 3.36. The number of hydrogen-bond donors (Lipinski definition) is 0. The van der Waals surface area contributed by atoms with Crippen LogP contribution in [0.2, 0.25) is 0 Å². The Bertz CT molecular complexity index is 399. The summed E-state index contributed by atoms with van der Waals surface area (Å²) >= 11 is 1.23. The molecule has 0 N–H and O–H groups in total. The average Bonchev–Trinajstić information content (AvgIpc) is 2.78. The zero-order chi connectivity index (χ0) is 13.4. The molecule has 0 saturated heterocycles. The van der Waals surface area contributed by atoms with Crippen molar-refractivity contribution in [1.29, 1.82) is 0 Å². The van der Waals surface area contributed by atoms with Crippen molar-refractivity contribution in [3.05, 3.63) is 16.3 Å². The van der Waals surface area contributed by atoms with Crippen LogP contribution in [0, 0.1) is 0 Å². The van der Waals surface area contributed by atoms with Crippen molar-refractivity contribution in [3.63, 3.8) is 0 Å². The standard InChI is InChI=1S/C12H16O5S/c1-3-5-10(13)16-8-17-12(14)11-9(15-4-2)6-7-18-11/h6-7H,3-5,8H2,1-2H3. The molecule has 0 unspecified atom stereocenters. The molecule has 0 spiro atoms. The minimum atomic E-state index is -0.544. The highest BCUT2D eigenvalue weighted by Crippen LogP contribution is 2.25. The van der Waals surface area contributed by atoms with E-state index < -0.39 is 5.97 Å². The number of carbonyl (C=O) groups is 2. The number of esters is 2. The molecule has 0 aliphatic rings. The van der Waals surface area contributed by atoms with Crippen LogP contribution in [-0.2, 0) is 14.3 Å². The SMILES string of the molecule is CCCC(=O)OCOC(=O)c1sccc1OCC. The lowest BCUT2D eigenvalue weighted by atomic mass is 10.3. The molecule has 0 fully saturated rings. The van der Waals surface area contributed by atoms with Gasteiger partial charge < -0.3 is 14.2 Å². The lowest BCUT2D eigenvalue weighted by molar-refractivity contribution is -0.152. The Labute approximate surface area is 110 Å². The summed E-state index contributed by atoms with van der Waals surface area (Å²) in [6.07, 6.45) is 1.02. The van der Waals surface area contributed by atoms with E-state index in [1.54, 1.807) is 11.4 Å². The summed E-state index contributed by atoms with van der Waals surface area (Å²) in [6, 6.07) is 1.70. The van der Waals surface area contributed by atoms with Gasteiger partial charge in [0.05, 0.1) is 6.61 Å². The summed E-state index contributed by atoms with van der Waals surface area (Å²) in [5, 5.41) is 1.74. The number of thiophene rings is 1. The summed E-state index contributed by atoms with van der Waals surface area (Å²) in [7, 11) is 0. The minimum Gasteiger partial charge on any atom is -0.492 e. The quantitative estimate of drug-likeness (QED) is 0.564. The summed E-state index contributed by atoms with van der Waals surface area (Å²) in [5.41, 5.74) is 0. The van der Waals surface area contributed by atoms with E-state index in [0.29, 0.717) is 30.1 Å². The van der Waals surface area contributed by atoms with E-state index in [1.807, 2.05) is 13.8 Å². The monoisotopic (exact) mass is 272 g/mol. The largest absolute Gasteiger partial charge is 0.492 e. The molecule has 1 heterocycles. The number of ether oxygens (including phenoxy) is 3. The second kappa shape index (κ2) is 7.71. The molecule has 6 heteroatoms. The highest BCUT2D eigenvalue weighted by Gasteiger charge is 2.16. The number of hydrogen-bond acceptors (Lipinski definition) is 6. The van der Waals surface area contributed by atoms with Crippen LogP contribution in [0.25, 0.3) is 0 Å². The van der Waals surface area contributed by atoms with Crippen molar-refractivity contribution in [2.45, 2.75) is 26.7 Å². The van der Waals surface area contributed by atoms with Gasteiger partial charge in [-0.15, -0.1) is 11.3 Å². The highest BCUT2D eigenvalue weighted by atomic mass is 32.1. The molecule has 0 atom stereocenters. The fraction of sp³-hybridized carbons (Fsp3) is 0.500. The smallest absolute Gasteiger partial charge is 0.355 e. The van der Waals surface area contributed by atoms with Crippen molar-refractivity contribution in [1.82, 2.24) is 0 Å². The Hall–Kier alpha value is -1.56. The normalized spacial score (nSPS) is 9.89. The van der Waals surface area contributed by atoms with E-state index in [0.717, 1.165) is 0 Å². The predicted molar refractivity (Wildman–Crippen MR) is 66.8 cm³/mol. The third-order valence-corrected chi connectivity index (χ3v) is 2.85. The van der Waals surface area contributed by atoms with Gasteiger partial charge in [-0.3, -0.25) is 4.79 Å². The van der Waals surface area contributed by atoms with Crippen LogP contribution in [0.4, 0.5) is 0 Å². The zero-order valence-electron chi connectivity index (χ0n) is 10.4. The molecular formula is C12H16O5S. The molecule has 0 aliphatic carbocycles. The van der Waals surface area contributed by atoms with Crippen LogP contribution >= 0.6 is 11.3 Å². The van der Waals surface area contributed by atoms with Crippen LogP contribution in [0.15, 0.2) is 11.4 Å². The van der Waals surface area contributed by atoms with Crippen molar-refractivity contribution in [2.24, 2.45) is 0 Å². The van der Waals surface area contributed by atoms with Crippen LogP contribution in [0.1, 0.15) is 36.4 Å². The van der Waals surface area contributed by atoms with Crippen molar-refractivity contribution in [2.75, 3.05) is 13.4 Å². The molecular weight excluding hydrogens is 256 g/mol. The van der Waals surface area contributed by atoms with E-state index in [9.17, 15) is 9.59 Å². The van der Waals surface area contributed by atoms with Gasteiger partial charge in [-0.1, -0.05) is 6.92 Å². The molecule has 0 bridgehead atoms. The third kappa shape index (κ3) is 4.37. The number of carbonyl (C=O) groups excluding carboxylic acids is 2. The highest BCUT2D eigenvalue weighted by molar-refractivity contribution is 7.12. The predicted octanol–water partition coefficient (Wildman–Crippen LogP) is 2.60. The van der Waals surface area contributed by atoms with Gasteiger partial charge in [0.25, 0.3) is 0 Å². The molecule has 0 aromatic carbocycles. The molecule has 100 valence electrons. The number of rotatable bonds is 7. The molecule has 18 heavy (non-hydrogen) atoms. The Balaban J connectivity index is 2.40. The van der Waals surface area contributed by atoms with E-state index in [2.05, 4.69) is 0 Å². The first kappa shape index (κ1) is 14.5. The first-order valence-electron chi connectivity index (χ1n) is 5.72. The van der Waals surface area contributed by atoms with Crippen molar-refractivity contribution in [3.8, 4) is 5.75 Å².